The van der Waals surface area contributed by atoms with Crippen LogP contribution in [-0.4, -0.2) is 24.5 Å². The molecule has 0 bridgehead atoms. The number of furan rings is 1. The van der Waals surface area contributed by atoms with E-state index in [0.29, 0.717) is 17.5 Å². The molecule has 0 atom stereocenters. The molecule has 4 heterocycles. The smallest absolute Gasteiger partial charge is 0.164 e. The second-order valence-corrected chi connectivity index (χ2v) is 17.3. The lowest BCUT2D eigenvalue weighted by Crippen LogP contribution is -2.00. The minimum atomic E-state index is 0.610. The van der Waals surface area contributed by atoms with Crippen LogP contribution in [0, 0.1) is 0 Å². The van der Waals surface area contributed by atoms with E-state index in [0.717, 1.165) is 88.4 Å². The van der Waals surface area contributed by atoms with E-state index in [1.54, 1.807) is 0 Å². The Morgan fingerprint density at radius 1 is 0.324 bits per heavy atom. The molecule has 0 saturated heterocycles. The Hall–Kier alpha value is -9.26. The minimum absolute atomic E-state index is 0.610. The molecule has 0 fully saturated rings. The van der Waals surface area contributed by atoms with Crippen LogP contribution in [-0.2, 0) is 0 Å². The summed E-state index contributed by atoms with van der Waals surface area (Å²) in [5.74, 6) is 1.84. The number of hydrogen-bond acceptors (Lipinski definition) is 5. The van der Waals surface area contributed by atoms with Crippen molar-refractivity contribution in [3.05, 3.63) is 224 Å². The lowest BCUT2D eigenvalue weighted by atomic mass is 9.92. The third kappa shape index (κ3) is 5.98. The molecular weight excluding hydrogens is 831 g/mol. The van der Waals surface area contributed by atoms with E-state index in [1.807, 2.05) is 48.5 Å². The van der Waals surface area contributed by atoms with E-state index < -0.39 is 0 Å². The number of fused-ring (bicyclic) bond motifs is 11. The van der Waals surface area contributed by atoms with E-state index in [4.69, 9.17) is 24.4 Å². The topological polar surface area (TPSA) is 69.6 Å². The largest absolute Gasteiger partial charge is 0.454 e. The first-order chi connectivity index (χ1) is 33.7. The zero-order valence-electron chi connectivity index (χ0n) is 36.5. The monoisotopic (exact) mass is 867 g/mol. The molecule has 0 aliphatic heterocycles. The third-order valence-corrected chi connectivity index (χ3v) is 13.5. The summed E-state index contributed by atoms with van der Waals surface area (Å²) in [6.45, 7) is 0. The normalized spacial score (nSPS) is 11.8. The molecule has 0 amide bonds. The lowest BCUT2D eigenvalue weighted by Gasteiger charge is -2.14. The van der Waals surface area contributed by atoms with E-state index in [9.17, 15) is 0 Å². The quantitative estimate of drug-likeness (QED) is 0.166. The van der Waals surface area contributed by atoms with Crippen LogP contribution in [0.2, 0.25) is 0 Å². The fraction of sp³-hybridized carbons (Fsp3) is 0. The van der Waals surface area contributed by atoms with E-state index in [-0.39, 0.29) is 0 Å². The van der Waals surface area contributed by atoms with Crippen molar-refractivity contribution in [3.8, 4) is 62.2 Å². The van der Waals surface area contributed by atoms with Gasteiger partial charge in [0.05, 0.1) is 16.7 Å². The second kappa shape index (κ2) is 15.2. The Balaban J connectivity index is 0.856. The highest BCUT2D eigenvalue weighted by atomic mass is 16.3. The Morgan fingerprint density at radius 3 is 1.59 bits per heavy atom. The van der Waals surface area contributed by atoms with Crippen molar-refractivity contribution in [1.82, 2.24) is 24.5 Å². The number of rotatable bonds is 6. The molecule has 0 radical (unpaired) electrons. The molecule has 316 valence electrons. The predicted octanol–water partition coefficient (Wildman–Crippen LogP) is 16.1. The van der Waals surface area contributed by atoms with Crippen LogP contribution in [0.3, 0.4) is 0 Å². The van der Waals surface area contributed by atoms with Gasteiger partial charge in [0.15, 0.2) is 23.1 Å². The molecule has 0 aliphatic rings. The zero-order chi connectivity index (χ0) is 44.7. The molecule has 14 aromatic rings. The molecule has 68 heavy (non-hydrogen) atoms. The number of pyridine rings is 1. The summed E-state index contributed by atoms with van der Waals surface area (Å²) < 4.78 is 8.77. The van der Waals surface area contributed by atoms with Gasteiger partial charge in [0, 0.05) is 60.3 Å². The highest BCUT2D eigenvalue weighted by Crippen LogP contribution is 2.42. The van der Waals surface area contributed by atoms with Crippen LogP contribution < -0.4 is 0 Å². The SMILES string of the molecule is c1ccc(-c2nc(-c3ccc(-c4ccc(-c5nc6c7ccccc7oc6c6ccccc56)c5ccccc45)cc3)nc(-c3ccc(-n4c5ccccc5c5ccc6ccccc6c54)cc3)n2)cc1. The Morgan fingerprint density at radius 2 is 0.853 bits per heavy atom. The Kier molecular flexibility index (Phi) is 8.48. The molecule has 0 unspecified atom stereocenters. The number of aromatic nitrogens is 5. The average Bonchev–Trinajstić information content (AvgIpc) is 3.97. The number of hydrogen-bond donors (Lipinski definition) is 0. The van der Waals surface area contributed by atoms with Crippen LogP contribution >= 0.6 is 0 Å². The van der Waals surface area contributed by atoms with Gasteiger partial charge < -0.3 is 8.98 Å². The van der Waals surface area contributed by atoms with Crippen molar-refractivity contribution < 1.29 is 4.42 Å². The Labute approximate surface area is 390 Å². The molecule has 14 rings (SSSR count). The first-order valence-electron chi connectivity index (χ1n) is 22.9. The van der Waals surface area contributed by atoms with Crippen LogP contribution in [0.4, 0.5) is 0 Å². The van der Waals surface area contributed by atoms with Crippen LogP contribution in [0.25, 0.3) is 138 Å². The fourth-order valence-electron chi connectivity index (χ4n) is 10.3. The first kappa shape index (κ1) is 38.1. The maximum absolute atomic E-state index is 6.40. The standard InChI is InChI=1S/C62H37N5O/c1-2-15-40(16-3-1)60-64-61(66-62(65-60)42-30-33-43(34-31-42)67-54-24-12-10-20-48(54)51-35-32-38-14-4-5-17-45(38)58(51)67)41-28-26-39(27-29-41)44-36-37-50(47-19-7-6-18-46(44)47)56-49-21-8-9-22-52(49)59-57(63-56)53-23-11-13-25-55(53)68-59/h1-37H. The van der Waals surface area contributed by atoms with Gasteiger partial charge in [-0.1, -0.05) is 182 Å². The highest BCUT2D eigenvalue weighted by Gasteiger charge is 2.20. The van der Waals surface area contributed by atoms with Gasteiger partial charge in [-0.3, -0.25) is 0 Å². The van der Waals surface area contributed by atoms with Crippen molar-refractivity contribution in [2.24, 2.45) is 0 Å². The summed E-state index contributed by atoms with van der Waals surface area (Å²) in [4.78, 5) is 20.6. The first-order valence-corrected chi connectivity index (χ1v) is 22.9. The summed E-state index contributed by atoms with van der Waals surface area (Å²) in [7, 11) is 0. The molecule has 4 aromatic heterocycles. The molecule has 0 aliphatic carbocycles. The number of nitrogens with zero attached hydrogens (tertiary/aromatic N) is 5. The van der Waals surface area contributed by atoms with E-state index >= 15 is 0 Å². The van der Waals surface area contributed by atoms with Crippen LogP contribution in [0.5, 0.6) is 0 Å². The van der Waals surface area contributed by atoms with Gasteiger partial charge in [-0.15, -0.1) is 0 Å². The predicted molar refractivity (Wildman–Crippen MR) is 279 cm³/mol. The van der Waals surface area contributed by atoms with Crippen molar-refractivity contribution in [2.75, 3.05) is 0 Å². The second-order valence-electron chi connectivity index (χ2n) is 17.3. The molecule has 10 aromatic carbocycles. The molecule has 6 heteroatoms. The minimum Gasteiger partial charge on any atom is -0.454 e. The van der Waals surface area contributed by atoms with Gasteiger partial charge in [0.2, 0.25) is 0 Å². The Bertz CT molecular complexity index is 4310. The fourth-order valence-corrected chi connectivity index (χ4v) is 10.3. The van der Waals surface area contributed by atoms with Crippen molar-refractivity contribution in [2.45, 2.75) is 0 Å². The molecular formula is C62H37N5O. The van der Waals surface area contributed by atoms with E-state index in [2.05, 4.69) is 180 Å². The molecule has 0 saturated carbocycles. The van der Waals surface area contributed by atoms with Crippen LogP contribution in [0.1, 0.15) is 0 Å². The summed E-state index contributed by atoms with van der Waals surface area (Å²) in [5.41, 5.74) is 12.9. The molecule has 0 spiro atoms. The highest BCUT2D eigenvalue weighted by molar-refractivity contribution is 6.20. The average molecular weight is 868 g/mol. The van der Waals surface area contributed by atoms with Gasteiger partial charge in [0.25, 0.3) is 0 Å². The van der Waals surface area contributed by atoms with Crippen molar-refractivity contribution in [1.29, 1.82) is 0 Å². The van der Waals surface area contributed by atoms with Gasteiger partial charge >= 0.3 is 0 Å². The molecule has 6 nitrogen and oxygen atoms in total. The third-order valence-electron chi connectivity index (χ3n) is 13.5. The van der Waals surface area contributed by atoms with Gasteiger partial charge in [-0.05, 0) is 69.8 Å². The summed E-state index contributed by atoms with van der Waals surface area (Å²) in [6.07, 6.45) is 0. The zero-order valence-corrected chi connectivity index (χ0v) is 36.5. The van der Waals surface area contributed by atoms with Gasteiger partial charge in [0.1, 0.15) is 11.1 Å². The summed E-state index contributed by atoms with van der Waals surface area (Å²) >= 11 is 0. The lowest BCUT2D eigenvalue weighted by molar-refractivity contribution is 0.672. The number of benzene rings is 10. The maximum Gasteiger partial charge on any atom is 0.164 e. The van der Waals surface area contributed by atoms with Gasteiger partial charge in [-0.25, -0.2) is 19.9 Å². The molecule has 0 N–H and O–H groups in total. The van der Waals surface area contributed by atoms with Crippen molar-refractivity contribution in [3.63, 3.8) is 0 Å². The van der Waals surface area contributed by atoms with Gasteiger partial charge in [-0.2, -0.15) is 0 Å². The van der Waals surface area contributed by atoms with E-state index in [1.165, 1.54) is 32.6 Å². The van der Waals surface area contributed by atoms with Crippen molar-refractivity contribution >= 4 is 76.2 Å². The maximum atomic E-state index is 6.40. The summed E-state index contributed by atoms with van der Waals surface area (Å²) in [5, 5.41) is 10.3. The van der Waals surface area contributed by atoms with Crippen LogP contribution in [0.15, 0.2) is 229 Å². The number of para-hydroxylation sites is 2. The summed E-state index contributed by atoms with van der Waals surface area (Å²) in [6, 6.07) is 78.7.